The highest BCUT2D eigenvalue weighted by Gasteiger charge is 2.54. The van der Waals surface area contributed by atoms with Crippen molar-refractivity contribution in [3.05, 3.63) is 40.2 Å². The first kappa shape index (κ1) is 36.9. The number of aromatic nitrogens is 4. The Kier molecular flexibility index (Phi) is 10.7. The molecule has 49 heavy (non-hydrogen) atoms. The van der Waals surface area contributed by atoms with Crippen LogP contribution in [0, 0.1) is 9.25 Å². The molecule has 2 aromatic carbocycles. The molecule has 18 heteroatoms. The SMILES string of the molecule is COc1nc(N)nc2c1nc(I)n2[C@@H]1O[C@H](COc2ccc3ccccc3c2OP(=O)(O)N[C@@H](C)C(=O)OCCC(C)(C)C)[C@@H](O)[C@@]1(C)O. The monoisotopic (exact) mass is 814 g/mol. The van der Waals surface area contributed by atoms with Crippen LogP contribution in [0.15, 0.2) is 36.4 Å². The number of aliphatic hydroxyl groups is 2. The van der Waals surface area contributed by atoms with Gasteiger partial charge < -0.3 is 44.3 Å². The third-order valence-corrected chi connectivity index (χ3v) is 9.84. The predicted molar refractivity (Wildman–Crippen MR) is 187 cm³/mol. The van der Waals surface area contributed by atoms with Gasteiger partial charge in [-0.15, -0.1) is 0 Å². The average Bonchev–Trinajstić information content (AvgIpc) is 3.45. The molecular formula is C31H40IN6O10P. The summed E-state index contributed by atoms with van der Waals surface area (Å²) in [6.07, 6.45) is -3.14. The Bertz CT molecular complexity index is 1900. The molecule has 0 amide bonds. The van der Waals surface area contributed by atoms with Crippen molar-refractivity contribution in [2.24, 2.45) is 5.41 Å². The zero-order valence-electron chi connectivity index (χ0n) is 27.8. The molecule has 0 radical (unpaired) electrons. The number of hydrogen-bond donors (Lipinski definition) is 5. The number of halogens is 1. The van der Waals surface area contributed by atoms with Gasteiger partial charge in [-0.05, 0) is 37.1 Å². The van der Waals surface area contributed by atoms with Crippen molar-refractivity contribution < 1.29 is 47.9 Å². The van der Waals surface area contributed by atoms with Crippen molar-refractivity contribution in [1.29, 1.82) is 0 Å². The second-order valence-electron chi connectivity index (χ2n) is 13.1. The van der Waals surface area contributed by atoms with E-state index in [1.807, 2.05) is 43.4 Å². The molecule has 1 aliphatic heterocycles. The summed E-state index contributed by atoms with van der Waals surface area (Å²) in [5, 5.41) is 26.2. The molecule has 0 aliphatic carbocycles. The largest absolute Gasteiger partial charge is 0.487 e. The Labute approximate surface area is 296 Å². The van der Waals surface area contributed by atoms with Gasteiger partial charge in [-0.25, -0.2) is 9.55 Å². The van der Waals surface area contributed by atoms with Crippen LogP contribution in [0.4, 0.5) is 5.95 Å². The molecule has 16 nitrogen and oxygen atoms in total. The number of hydrogen-bond acceptors (Lipinski definition) is 13. The second-order valence-corrected chi connectivity index (χ2v) is 15.5. The number of fused-ring (bicyclic) bond motifs is 2. The van der Waals surface area contributed by atoms with Crippen molar-refractivity contribution in [1.82, 2.24) is 24.6 Å². The van der Waals surface area contributed by atoms with Crippen LogP contribution in [0.3, 0.4) is 0 Å². The number of carbonyl (C=O) groups excluding carboxylic acids is 1. The fourth-order valence-electron chi connectivity index (χ4n) is 5.27. The van der Waals surface area contributed by atoms with Crippen LogP contribution < -0.4 is 24.8 Å². The molecule has 0 spiro atoms. The molecule has 1 aliphatic rings. The van der Waals surface area contributed by atoms with E-state index in [-0.39, 0.29) is 53.1 Å². The van der Waals surface area contributed by atoms with Gasteiger partial charge in [-0.1, -0.05) is 51.1 Å². The Morgan fingerprint density at radius 1 is 1.22 bits per heavy atom. The Balaban J connectivity index is 1.37. The van der Waals surface area contributed by atoms with E-state index < -0.39 is 43.8 Å². The fourth-order valence-corrected chi connectivity index (χ4v) is 7.08. The minimum absolute atomic E-state index is 0.0435. The van der Waals surface area contributed by atoms with E-state index in [4.69, 9.17) is 29.2 Å². The van der Waals surface area contributed by atoms with Gasteiger partial charge >= 0.3 is 13.7 Å². The van der Waals surface area contributed by atoms with Crippen LogP contribution in [0.25, 0.3) is 21.9 Å². The Hall–Kier alpha value is -3.32. The van der Waals surface area contributed by atoms with Gasteiger partial charge in [-0.2, -0.15) is 15.1 Å². The molecule has 2 aromatic heterocycles. The molecule has 0 bridgehead atoms. The number of methoxy groups -OCH3 is 1. The molecular weight excluding hydrogens is 774 g/mol. The Morgan fingerprint density at radius 3 is 2.63 bits per heavy atom. The first-order chi connectivity index (χ1) is 22.9. The van der Waals surface area contributed by atoms with E-state index in [0.717, 1.165) is 0 Å². The van der Waals surface area contributed by atoms with E-state index in [0.29, 0.717) is 21.0 Å². The van der Waals surface area contributed by atoms with Gasteiger partial charge in [0, 0.05) is 28.0 Å². The molecule has 1 fully saturated rings. The minimum atomic E-state index is -4.68. The highest BCUT2D eigenvalue weighted by molar-refractivity contribution is 14.1. The standard InChI is InChI=1S/C31H40IN6O10P/c1-16(26(40)45-14-13-30(2,3)4)37-49(42,43)48-22-18-10-8-7-9-17(18)11-12-19(22)46-15-20-23(39)31(5,41)27(47-20)38-24-21(34-28(38)32)25(44-6)36-29(33)35-24/h7-12,16,20,23,27,39,41H,13-15H2,1-6H3,(H2,33,35,36)(H2,37,42,43)/t16-,20+,23+,27+,31+/m0/s1. The van der Waals surface area contributed by atoms with E-state index in [1.165, 1.54) is 31.6 Å². The maximum Gasteiger partial charge on any atom is 0.457 e. The lowest BCUT2D eigenvalue weighted by molar-refractivity contribution is -0.145. The number of aliphatic hydroxyl groups excluding tert-OH is 1. The van der Waals surface area contributed by atoms with E-state index in [1.54, 1.807) is 30.3 Å². The number of nitrogen functional groups attached to an aromatic ring is 1. The summed E-state index contributed by atoms with van der Waals surface area (Å²) < 4.78 is 43.6. The molecule has 4 aromatic rings. The summed E-state index contributed by atoms with van der Waals surface area (Å²) in [5.41, 5.74) is 4.47. The first-order valence-corrected chi connectivity index (χ1v) is 18.0. The predicted octanol–water partition coefficient (Wildman–Crippen LogP) is 3.70. The molecule has 6 N–H and O–H groups in total. The van der Waals surface area contributed by atoms with Crippen LogP contribution in [0.1, 0.15) is 47.3 Å². The smallest absolute Gasteiger partial charge is 0.457 e. The van der Waals surface area contributed by atoms with E-state index >= 15 is 0 Å². The van der Waals surface area contributed by atoms with Crippen molar-refractivity contribution >= 4 is 64.2 Å². The normalized spacial score (nSPS) is 22.9. The van der Waals surface area contributed by atoms with Crippen molar-refractivity contribution in [3.63, 3.8) is 0 Å². The maximum absolute atomic E-state index is 13.3. The van der Waals surface area contributed by atoms with Gasteiger partial charge in [0.25, 0.3) is 0 Å². The van der Waals surface area contributed by atoms with Crippen LogP contribution in [0.5, 0.6) is 17.4 Å². The molecule has 5 rings (SSSR count). The van der Waals surface area contributed by atoms with Crippen molar-refractivity contribution in [2.45, 2.75) is 71.1 Å². The highest BCUT2D eigenvalue weighted by atomic mass is 127. The average molecular weight is 815 g/mol. The summed E-state index contributed by atoms with van der Waals surface area (Å²) in [6.45, 7) is 8.66. The van der Waals surface area contributed by atoms with Gasteiger partial charge in [0.15, 0.2) is 32.7 Å². The van der Waals surface area contributed by atoms with Gasteiger partial charge in [0.1, 0.15) is 30.5 Å². The number of imidazole rings is 1. The summed E-state index contributed by atoms with van der Waals surface area (Å²) in [5.74, 6) is -0.717. The van der Waals surface area contributed by atoms with Crippen LogP contribution in [-0.2, 0) is 18.8 Å². The van der Waals surface area contributed by atoms with Crippen LogP contribution in [0.2, 0.25) is 0 Å². The third kappa shape index (κ3) is 8.03. The van der Waals surface area contributed by atoms with Crippen LogP contribution >= 0.6 is 30.3 Å². The number of nitrogens with zero attached hydrogens (tertiary/aromatic N) is 4. The quantitative estimate of drug-likeness (QED) is 0.0596. The number of ether oxygens (including phenoxy) is 4. The second kappa shape index (κ2) is 14.1. The number of carbonyl (C=O) groups is 1. The number of esters is 1. The summed E-state index contributed by atoms with van der Waals surface area (Å²) >= 11 is 1.94. The summed E-state index contributed by atoms with van der Waals surface area (Å²) in [4.78, 5) is 36.2. The molecule has 3 heterocycles. The zero-order chi connectivity index (χ0) is 35.9. The molecule has 266 valence electrons. The van der Waals surface area contributed by atoms with Crippen molar-refractivity contribution in [3.8, 4) is 17.4 Å². The molecule has 1 saturated heterocycles. The molecule has 6 atom stereocenters. The summed E-state index contributed by atoms with van der Waals surface area (Å²) in [7, 11) is -3.27. The molecule has 1 unspecified atom stereocenters. The summed E-state index contributed by atoms with van der Waals surface area (Å²) in [6, 6.07) is 9.07. The van der Waals surface area contributed by atoms with E-state index in [2.05, 4.69) is 20.0 Å². The lowest BCUT2D eigenvalue weighted by Gasteiger charge is -2.27. The topological polar surface area (TPSA) is 223 Å². The van der Waals surface area contributed by atoms with Crippen LogP contribution in [-0.4, -0.2) is 84.8 Å². The van der Waals surface area contributed by atoms with Gasteiger partial charge in [0.05, 0.1) is 13.7 Å². The number of rotatable bonds is 12. The number of anilines is 1. The van der Waals surface area contributed by atoms with Crippen molar-refractivity contribution in [2.75, 3.05) is 26.1 Å². The highest BCUT2D eigenvalue weighted by Crippen LogP contribution is 2.47. The van der Waals surface area contributed by atoms with Gasteiger partial charge in [-0.3, -0.25) is 9.36 Å². The number of nitrogens with one attached hydrogen (secondary N) is 1. The Morgan fingerprint density at radius 2 is 1.94 bits per heavy atom. The number of benzene rings is 2. The molecule has 0 saturated carbocycles. The van der Waals surface area contributed by atoms with E-state index in [9.17, 15) is 24.5 Å². The third-order valence-electron chi connectivity index (χ3n) is 7.93. The lowest BCUT2D eigenvalue weighted by Crippen LogP contribution is -2.45. The fraction of sp³-hybridized carbons (Fsp3) is 0.484. The number of nitrogens with two attached hydrogens (primary N) is 1. The zero-order valence-corrected chi connectivity index (χ0v) is 30.8. The maximum atomic E-state index is 13.3. The first-order valence-electron chi connectivity index (χ1n) is 15.3. The lowest BCUT2D eigenvalue weighted by atomic mass is 9.93. The minimum Gasteiger partial charge on any atom is -0.487 e. The van der Waals surface area contributed by atoms with Gasteiger partial charge in [0.2, 0.25) is 11.8 Å².